The molecule has 1 aromatic rings. The van der Waals surface area contributed by atoms with Crippen LogP contribution in [0.25, 0.3) is 0 Å². The van der Waals surface area contributed by atoms with Gasteiger partial charge in [0, 0.05) is 11.7 Å². The van der Waals surface area contributed by atoms with Crippen molar-refractivity contribution in [3.63, 3.8) is 0 Å². The van der Waals surface area contributed by atoms with E-state index in [1.165, 1.54) is 0 Å². The number of hydrogen-bond acceptors (Lipinski definition) is 4. The molecule has 0 aliphatic carbocycles. The molecule has 0 aliphatic rings. The molecule has 0 spiro atoms. The third kappa shape index (κ3) is 3.83. The second-order valence-corrected chi connectivity index (χ2v) is 4.95. The first kappa shape index (κ1) is 16.2. The molecule has 0 saturated heterocycles. The van der Waals surface area contributed by atoms with Gasteiger partial charge in [-0.2, -0.15) is 13.2 Å². The smallest absolute Gasteiger partial charge is 0.378 e. The van der Waals surface area contributed by atoms with E-state index in [2.05, 4.69) is 10.3 Å². The van der Waals surface area contributed by atoms with Crippen LogP contribution in [0.2, 0.25) is 0 Å². The summed E-state index contributed by atoms with van der Waals surface area (Å²) in [6.07, 6.45) is -3.28. The van der Waals surface area contributed by atoms with Crippen molar-refractivity contribution in [1.82, 2.24) is 10.4 Å². The van der Waals surface area contributed by atoms with E-state index < -0.39 is 23.2 Å². The van der Waals surface area contributed by atoms with Gasteiger partial charge in [-0.25, -0.2) is 10.8 Å². The molecule has 0 aliphatic heterocycles. The lowest BCUT2D eigenvalue weighted by molar-refractivity contribution is -0.137. The number of hydrogen-bond donors (Lipinski definition) is 3. The van der Waals surface area contributed by atoms with E-state index in [1.54, 1.807) is 13.8 Å². The number of anilines is 1. The van der Waals surface area contributed by atoms with Gasteiger partial charge >= 0.3 is 6.18 Å². The molecule has 4 N–H and O–H groups in total. The highest BCUT2D eigenvalue weighted by Crippen LogP contribution is 2.32. The maximum Gasteiger partial charge on any atom is 0.417 e. The van der Waals surface area contributed by atoms with Gasteiger partial charge in [0.15, 0.2) is 5.69 Å². The Morgan fingerprint density at radius 2 is 2.00 bits per heavy atom. The van der Waals surface area contributed by atoms with E-state index in [1.807, 2.05) is 12.3 Å². The van der Waals surface area contributed by atoms with Crippen molar-refractivity contribution in [2.45, 2.75) is 38.9 Å². The van der Waals surface area contributed by atoms with Gasteiger partial charge in [0.1, 0.15) is 0 Å². The van der Waals surface area contributed by atoms with Crippen LogP contribution in [0.5, 0.6) is 0 Å². The van der Waals surface area contributed by atoms with Crippen LogP contribution in [0.4, 0.5) is 18.9 Å². The highest BCUT2D eigenvalue weighted by molar-refractivity contribution is 5.97. The average Bonchev–Trinajstić information content (AvgIpc) is 2.36. The zero-order valence-electron chi connectivity index (χ0n) is 11.4. The van der Waals surface area contributed by atoms with Gasteiger partial charge in [0.25, 0.3) is 5.91 Å². The molecule has 0 aromatic carbocycles. The minimum absolute atomic E-state index is 0.00498. The van der Waals surface area contributed by atoms with Gasteiger partial charge in [0.05, 0.1) is 11.3 Å². The van der Waals surface area contributed by atoms with Gasteiger partial charge in [0.2, 0.25) is 0 Å². The Labute approximate surface area is 114 Å². The predicted molar refractivity (Wildman–Crippen MR) is 68.9 cm³/mol. The Morgan fingerprint density at radius 1 is 1.40 bits per heavy atom. The molecule has 112 valence electrons. The number of rotatable bonds is 4. The zero-order chi connectivity index (χ0) is 15.6. The second kappa shape index (κ2) is 5.66. The summed E-state index contributed by atoms with van der Waals surface area (Å²) in [5, 5.41) is 2.89. The highest BCUT2D eigenvalue weighted by Gasteiger charge is 2.33. The molecule has 0 fully saturated rings. The minimum atomic E-state index is -4.53. The van der Waals surface area contributed by atoms with Crippen LogP contribution < -0.4 is 16.6 Å². The lowest BCUT2D eigenvalue weighted by Gasteiger charge is -2.27. The van der Waals surface area contributed by atoms with E-state index in [0.717, 1.165) is 6.07 Å². The fraction of sp³-hybridized carbons (Fsp3) is 0.500. The van der Waals surface area contributed by atoms with Crippen molar-refractivity contribution in [1.29, 1.82) is 0 Å². The molecule has 20 heavy (non-hydrogen) atoms. The number of carbonyl (C=O) groups is 1. The standard InChI is InChI=1S/C12H17F3N4O/c1-4-11(2,3)18-8-5-7(12(13,14)15)6-17-9(8)10(20)19-16/h5-6,18H,4,16H2,1-3H3,(H,19,20). The summed E-state index contributed by atoms with van der Waals surface area (Å²) in [4.78, 5) is 15.1. The van der Waals surface area contributed by atoms with Crippen LogP contribution in [0.15, 0.2) is 12.3 Å². The monoisotopic (exact) mass is 290 g/mol. The Kier molecular flexibility index (Phi) is 4.59. The summed E-state index contributed by atoms with van der Waals surface area (Å²) in [6, 6.07) is 0.856. The number of alkyl halides is 3. The Morgan fingerprint density at radius 3 is 2.45 bits per heavy atom. The van der Waals surface area contributed by atoms with Crippen molar-refractivity contribution in [3.8, 4) is 0 Å². The van der Waals surface area contributed by atoms with E-state index in [0.29, 0.717) is 12.6 Å². The lowest BCUT2D eigenvalue weighted by atomic mass is 10.0. The summed E-state index contributed by atoms with van der Waals surface area (Å²) in [6.45, 7) is 5.48. The Balaban J connectivity index is 3.30. The van der Waals surface area contributed by atoms with Crippen molar-refractivity contribution >= 4 is 11.6 Å². The first-order valence-corrected chi connectivity index (χ1v) is 5.97. The molecule has 1 amide bonds. The molecule has 0 bridgehead atoms. The summed E-state index contributed by atoms with van der Waals surface area (Å²) >= 11 is 0. The molecule has 1 rings (SSSR count). The Hall–Kier alpha value is -1.83. The summed E-state index contributed by atoms with van der Waals surface area (Å²) in [5.41, 5.74) is 0.257. The fourth-order valence-corrected chi connectivity index (χ4v) is 1.42. The molecule has 1 aromatic heterocycles. The van der Waals surface area contributed by atoms with Crippen LogP contribution in [-0.2, 0) is 6.18 Å². The normalized spacial score (nSPS) is 12.2. The van der Waals surface area contributed by atoms with E-state index in [9.17, 15) is 18.0 Å². The zero-order valence-corrected chi connectivity index (χ0v) is 11.4. The fourth-order valence-electron chi connectivity index (χ4n) is 1.42. The molecule has 0 atom stereocenters. The quantitative estimate of drug-likeness (QED) is 0.451. The molecular weight excluding hydrogens is 273 g/mol. The van der Waals surface area contributed by atoms with Crippen LogP contribution in [0, 0.1) is 0 Å². The summed E-state index contributed by atoms with van der Waals surface area (Å²) in [7, 11) is 0. The van der Waals surface area contributed by atoms with Crippen LogP contribution in [0.3, 0.4) is 0 Å². The molecular formula is C12H17F3N4O. The molecule has 8 heteroatoms. The van der Waals surface area contributed by atoms with E-state index in [-0.39, 0.29) is 11.4 Å². The third-order valence-electron chi connectivity index (χ3n) is 2.92. The first-order valence-electron chi connectivity index (χ1n) is 5.97. The predicted octanol–water partition coefficient (Wildman–Crippen LogP) is 2.30. The lowest BCUT2D eigenvalue weighted by Crippen LogP contribution is -2.35. The number of carbonyl (C=O) groups excluding carboxylic acids is 1. The highest BCUT2D eigenvalue weighted by atomic mass is 19.4. The van der Waals surface area contributed by atoms with Crippen LogP contribution in [-0.4, -0.2) is 16.4 Å². The van der Waals surface area contributed by atoms with Crippen molar-refractivity contribution in [2.75, 3.05) is 5.32 Å². The number of pyridine rings is 1. The molecule has 0 saturated carbocycles. The molecule has 0 unspecified atom stereocenters. The van der Waals surface area contributed by atoms with Gasteiger partial charge in [-0.15, -0.1) is 0 Å². The number of halogens is 3. The van der Waals surface area contributed by atoms with Gasteiger partial charge in [-0.3, -0.25) is 10.2 Å². The van der Waals surface area contributed by atoms with Crippen molar-refractivity contribution in [3.05, 3.63) is 23.5 Å². The molecule has 1 heterocycles. The van der Waals surface area contributed by atoms with Gasteiger partial charge in [-0.1, -0.05) is 6.92 Å². The number of hydrazine groups is 1. The Bertz CT molecular complexity index is 500. The van der Waals surface area contributed by atoms with E-state index >= 15 is 0 Å². The van der Waals surface area contributed by atoms with Crippen LogP contribution >= 0.6 is 0 Å². The average molecular weight is 290 g/mol. The molecule has 5 nitrogen and oxygen atoms in total. The number of nitrogens with one attached hydrogen (secondary N) is 2. The van der Waals surface area contributed by atoms with E-state index in [4.69, 9.17) is 5.84 Å². The number of nitrogens with zero attached hydrogens (tertiary/aromatic N) is 1. The number of nitrogens with two attached hydrogens (primary N) is 1. The van der Waals surface area contributed by atoms with Gasteiger partial charge < -0.3 is 5.32 Å². The number of amides is 1. The van der Waals surface area contributed by atoms with Gasteiger partial charge in [-0.05, 0) is 26.3 Å². The number of nitrogen functional groups attached to an aromatic ring is 1. The van der Waals surface area contributed by atoms with Crippen molar-refractivity contribution in [2.24, 2.45) is 5.84 Å². The largest absolute Gasteiger partial charge is 0.417 e. The summed E-state index contributed by atoms with van der Waals surface area (Å²) in [5.74, 6) is 4.25. The maximum atomic E-state index is 12.7. The van der Waals surface area contributed by atoms with Crippen LogP contribution in [0.1, 0.15) is 43.2 Å². The first-order chi connectivity index (χ1) is 9.10. The van der Waals surface area contributed by atoms with Crippen molar-refractivity contribution < 1.29 is 18.0 Å². The number of aromatic nitrogens is 1. The third-order valence-corrected chi connectivity index (χ3v) is 2.92. The minimum Gasteiger partial charge on any atom is -0.378 e. The second-order valence-electron chi connectivity index (χ2n) is 4.95. The maximum absolute atomic E-state index is 12.7. The summed E-state index contributed by atoms with van der Waals surface area (Å²) < 4.78 is 38.1. The molecule has 0 radical (unpaired) electrons. The SMILES string of the molecule is CCC(C)(C)Nc1cc(C(F)(F)F)cnc1C(=O)NN. The topological polar surface area (TPSA) is 80.0 Å².